The molecule has 0 aliphatic carbocycles. The van der Waals surface area contributed by atoms with E-state index in [9.17, 15) is 0 Å². The lowest BCUT2D eigenvalue weighted by Gasteiger charge is -2.28. The van der Waals surface area contributed by atoms with Crippen LogP contribution < -0.4 is 9.64 Å². The van der Waals surface area contributed by atoms with Gasteiger partial charge in [-0.3, -0.25) is 4.98 Å². The third-order valence-corrected chi connectivity index (χ3v) is 5.89. The maximum absolute atomic E-state index is 5.43. The summed E-state index contributed by atoms with van der Waals surface area (Å²) in [5.74, 6) is 2.63. The first-order valence-corrected chi connectivity index (χ1v) is 11.2. The van der Waals surface area contributed by atoms with Crippen LogP contribution in [0.1, 0.15) is 47.7 Å². The number of imidazole rings is 1. The number of nitrogens with zero attached hydrogens (tertiary/aromatic N) is 6. The van der Waals surface area contributed by atoms with Crippen LogP contribution in [0.25, 0.3) is 5.65 Å². The van der Waals surface area contributed by atoms with Crippen LogP contribution in [-0.4, -0.2) is 44.5 Å². The fourth-order valence-corrected chi connectivity index (χ4v) is 4.34. The minimum atomic E-state index is 0.575. The van der Waals surface area contributed by atoms with Gasteiger partial charge in [0.1, 0.15) is 23.0 Å². The van der Waals surface area contributed by atoms with Gasteiger partial charge in [-0.15, -0.1) is 0 Å². The molecule has 1 saturated heterocycles. The molecule has 164 valence electrons. The molecule has 0 bridgehead atoms. The monoisotopic (exact) mass is 428 g/mol. The number of hydrogen-bond acceptors (Lipinski definition) is 6. The molecule has 0 spiro atoms. The number of anilines is 1. The number of aryl methyl sites for hydroxylation is 1. The summed E-state index contributed by atoms with van der Waals surface area (Å²) in [5.41, 5.74) is 5.01. The SMILES string of the molecule is COc1cc(C)nc(Cc2nc(Cc3ccn4ccnc4c3)cc(N3CCCCC3)n2)c1. The molecule has 32 heavy (non-hydrogen) atoms. The van der Waals surface area contributed by atoms with Crippen molar-refractivity contribution >= 4 is 11.5 Å². The summed E-state index contributed by atoms with van der Waals surface area (Å²) >= 11 is 0. The summed E-state index contributed by atoms with van der Waals surface area (Å²) in [5, 5.41) is 0. The van der Waals surface area contributed by atoms with Crippen molar-refractivity contribution in [2.75, 3.05) is 25.1 Å². The number of rotatable bonds is 6. The van der Waals surface area contributed by atoms with Gasteiger partial charge in [0, 0.05) is 62.0 Å². The van der Waals surface area contributed by atoms with Crippen LogP contribution in [0.5, 0.6) is 5.75 Å². The first-order valence-electron chi connectivity index (χ1n) is 11.2. The van der Waals surface area contributed by atoms with Gasteiger partial charge in [-0.2, -0.15) is 0 Å². The van der Waals surface area contributed by atoms with Crippen LogP contribution in [0, 0.1) is 6.92 Å². The minimum Gasteiger partial charge on any atom is -0.497 e. The van der Waals surface area contributed by atoms with E-state index in [0.717, 1.165) is 59.6 Å². The number of fused-ring (bicyclic) bond motifs is 1. The normalized spacial score (nSPS) is 14.1. The van der Waals surface area contributed by atoms with Crippen LogP contribution in [0.15, 0.2) is 48.9 Å². The molecule has 4 aromatic heterocycles. The Labute approximate surface area is 188 Å². The van der Waals surface area contributed by atoms with Crippen LogP contribution >= 0.6 is 0 Å². The molecular formula is C25H28N6O. The summed E-state index contributed by atoms with van der Waals surface area (Å²) in [7, 11) is 1.68. The van der Waals surface area contributed by atoms with E-state index in [1.165, 1.54) is 24.8 Å². The highest BCUT2D eigenvalue weighted by molar-refractivity contribution is 5.45. The molecular weight excluding hydrogens is 400 g/mol. The average molecular weight is 429 g/mol. The summed E-state index contributed by atoms with van der Waals surface area (Å²) in [6.07, 6.45) is 10.9. The first-order chi connectivity index (χ1) is 15.7. The van der Waals surface area contributed by atoms with Crippen molar-refractivity contribution in [3.05, 3.63) is 77.4 Å². The van der Waals surface area contributed by atoms with Gasteiger partial charge in [0.15, 0.2) is 0 Å². The second kappa shape index (κ2) is 8.94. The van der Waals surface area contributed by atoms with Crippen molar-refractivity contribution in [3.63, 3.8) is 0 Å². The molecule has 5 heterocycles. The molecule has 0 amide bonds. The Morgan fingerprint density at radius 3 is 2.59 bits per heavy atom. The smallest absolute Gasteiger partial charge is 0.136 e. The van der Waals surface area contributed by atoms with Gasteiger partial charge in [0.05, 0.1) is 24.9 Å². The van der Waals surface area contributed by atoms with Crippen molar-refractivity contribution in [1.29, 1.82) is 0 Å². The second-order valence-electron chi connectivity index (χ2n) is 8.40. The average Bonchev–Trinajstić information content (AvgIpc) is 3.27. The third kappa shape index (κ3) is 4.56. The Bertz CT molecular complexity index is 1230. The van der Waals surface area contributed by atoms with Gasteiger partial charge in [0.2, 0.25) is 0 Å². The van der Waals surface area contributed by atoms with Crippen molar-refractivity contribution in [2.24, 2.45) is 0 Å². The topological polar surface area (TPSA) is 68.4 Å². The zero-order chi connectivity index (χ0) is 21.9. The van der Waals surface area contributed by atoms with Gasteiger partial charge in [-0.05, 0) is 43.9 Å². The maximum atomic E-state index is 5.43. The van der Waals surface area contributed by atoms with Gasteiger partial charge in [-0.1, -0.05) is 0 Å². The van der Waals surface area contributed by atoms with E-state index in [2.05, 4.69) is 33.1 Å². The van der Waals surface area contributed by atoms with E-state index in [1.54, 1.807) is 7.11 Å². The largest absolute Gasteiger partial charge is 0.497 e. The molecule has 0 N–H and O–H groups in total. The zero-order valence-electron chi connectivity index (χ0n) is 18.7. The van der Waals surface area contributed by atoms with E-state index >= 15 is 0 Å². The number of pyridine rings is 2. The standard InChI is InChI=1S/C25H28N6O/c1-18-12-22(32-2)15-21(27-18)16-23-28-20(17-25(29-23)30-8-4-3-5-9-30)13-19-6-10-31-11-7-26-24(31)14-19/h6-7,10-12,14-15,17H,3-5,8-9,13,16H2,1-2H3. The molecule has 0 unspecified atom stereocenters. The van der Waals surface area contributed by atoms with E-state index in [4.69, 9.17) is 14.7 Å². The van der Waals surface area contributed by atoms with Gasteiger partial charge < -0.3 is 14.0 Å². The van der Waals surface area contributed by atoms with E-state index in [0.29, 0.717) is 6.42 Å². The molecule has 0 radical (unpaired) electrons. The maximum Gasteiger partial charge on any atom is 0.136 e. The number of methoxy groups -OCH3 is 1. The van der Waals surface area contributed by atoms with Crippen molar-refractivity contribution in [3.8, 4) is 5.75 Å². The fourth-order valence-electron chi connectivity index (χ4n) is 4.34. The van der Waals surface area contributed by atoms with E-state index < -0.39 is 0 Å². The van der Waals surface area contributed by atoms with Crippen molar-refractivity contribution < 1.29 is 4.74 Å². The Kier molecular flexibility index (Phi) is 5.71. The van der Waals surface area contributed by atoms with Crippen LogP contribution in [0.3, 0.4) is 0 Å². The lowest BCUT2D eigenvalue weighted by molar-refractivity contribution is 0.413. The van der Waals surface area contributed by atoms with Gasteiger partial charge in [-0.25, -0.2) is 15.0 Å². The van der Waals surface area contributed by atoms with Crippen molar-refractivity contribution in [2.45, 2.75) is 39.0 Å². The lowest BCUT2D eigenvalue weighted by Crippen LogP contribution is -2.30. The summed E-state index contributed by atoms with van der Waals surface area (Å²) in [4.78, 5) is 21.3. The molecule has 1 aliphatic rings. The molecule has 1 aliphatic heterocycles. The van der Waals surface area contributed by atoms with E-state index in [-0.39, 0.29) is 0 Å². The Hall–Kier alpha value is -3.48. The predicted molar refractivity (Wildman–Crippen MR) is 124 cm³/mol. The number of hydrogen-bond donors (Lipinski definition) is 0. The lowest BCUT2D eigenvalue weighted by atomic mass is 10.1. The molecule has 7 heteroatoms. The first kappa shape index (κ1) is 20.4. The number of piperidine rings is 1. The van der Waals surface area contributed by atoms with Crippen LogP contribution in [0.4, 0.5) is 5.82 Å². The van der Waals surface area contributed by atoms with Crippen LogP contribution in [-0.2, 0) is 12.8 Å². The summed E-state index contributed by atoms with van der Waals surface area (Å²) in [6, 6.07) is 10.3. The molecule has 0 aromatic carbocycles. The Morgan fingerprint density at radius 1 is 0.906 bits per heavy atom. The van der Waals surface area contributed by atoms with Crippen molar-refractivity contribution in [1.82, 2.24) is 24.3 Å². The zero-order valence-corrected chi connectivity index (χ0v) is 18.7. The number of aromatic nitrogens is 5. The highest BCUT2D eigenvalue weighted by Crippen LogP contribution is 2.22. The van der Waals surface area contributed by atoms with Gasteiger partial charge >= 0.3 is 0 Å². The molecule has 0 atom stereocenters. The Morgan fingerprint density at radius 2 is 1.75 bits per heavy atom. The summed E-state index contributed by atoms with van der Waals surface area (Å²) < 4.78 is 7.45. The molecule has 0 saturated carbocycles. The van der Waals surface area contributed by atoms with E-state index in [1.807, 2.05) is 42.0 Å². The quantitative estimate of drug-likeness (QED) is 0.462. The molecule has 1 fully saturated rings. The minimum absolute atomic E-state index is 0.575. The summed E-state index contributed by atoms with van der Waals surface area (Å²) in [6.45, 7) is 4.08. The van der Waals surface area contributed by atoms with Gasteiger partial charge in [0.25, 0.3) is 0 Å². The number of ether oxygens (including phenoxy) is 1. The molecule has 7 nitrogen and oxygen atoms in total. The third-order valence-electron chi connectivity index (χ3n) is 5.89. The molecule has 4 aromatic rings. The molecule has 5 rings (SSSR count). The predicted octanol–water partition coefficient (Wildman–Crippen LogP) is 4.01. The highest BCUT2D eigenvalue weighted by atomic mass is 16.5. The second-order valence-corrected chi connectivity index (χ2v) is 8.40. The van der Waals surface area contributed by atoms with Crippen LogP contribution in [0.2, 0.25) is 0 Å². The Balaban J connectivity index is 1.48. The fraction of sp³-hybridized carbons (Fsp3) is 0.360. The highest BCUT2D eigenvalue weighted by Gasteiger charge is 2.16.